The first-order chi connectivity index (χ1) is 3.25. The van der Waals surface area contributed by atoms with Crippen LogP contribution in [-0.2, 0) is 10.1 Å². The average molecular weight is 205 g/mol. The van der Waals surface area contributed by atoms with Gasteiger partial charge in [-0.25, -0.2) is 8.42 Å². The molecule has 8 heteroatoms. The van der Waals surface area contributed by atoms with Gasteiger partial charge in [-0.2, -0.15) is 8.78 Å². The minimum absolute atomic E-state index is 0. The van der Waals surface area contributed by atoms with Gasteiger partial charge in [0.2, 0.25) is 0 Å². The largest absolute Gasteiger partial charge is 1.00 e. The number of halogens is 3. The number of alkyl halides is 3. The van der Waals surface area contributed by atoms with Crippen LogP contribution in [0.4, 0.5) is 8.78 Å². The van der Waals surface area contributed by atoms with Crippen LogP contribution in [0.1, 0.15) is 0 Å². The third-order valence-electron chi connectivity index (χ3n) is 0.283. The van der Waals surface area contributed by atoms with Crippen LogP contribution < -0.4 is 51.4 Å². The summed E-state index contributed by atoms with van der Waals surface area (Å²) in [6, 6.07) is 0. The molecule has 0 amide bonds. The quantitative estimate of drug-likeness (QED) is 0.266. The zero-order valence-electron chi connectivity index (χ0n) is 4.27. The second kappa shape index (κ2) is 3.91. The molecule has 3 nitrogen and oxygen atoms in total. The van der Waals surface area contributed by atoms with Crippen molar-refractivity contribution in [3.63, 3.8) is 0 Å². The second-order valence-corrected chi connectivity index (χ2v) is 3.02. The molecule has 0 N–H and O–H groups in total. The fourth-order valence-corrected chi connectivity index (χ4v) is 0. The van der Waals surface area contributed by atoms with Crippen molar-refractivity contribution in [1.82, 2.24) is 0 Å². The summed E-state index contributed by atoms with van der Waals surface area (Å²) in [4.78, 5) is 0. The summed E-state index contributed by atoms with van der Waals surface area (Å²) in [7, 11) is -5.66. The van der Waals surface area contributed by atoms with Gasteiger partial charge in [-0.05, 0) is 11.6 Å². The molecule has 0 saturated heterocycles. The maximum atomic E-state index is 11.1. The van der Waals surface area contributed by atoms with Crippen LogP contribution in [0, 0.1) is 0 Å². The van der Waals surface area contributed by atoms with E-state index in [0.717, 1.165) is 0 Å². The van der Waals surface area contributed by atoms with E-state index in [2.05, 4.69) is 11.6 Å². The van der Waals surface area contributed by atoms with Crippen LogP contribution in [0.5, 0.6) is 0 Å². The molecule has 0 aromatic heterocycles. The number of hydrogen-bond donors (Lipinski definition) is 0. The Morgan fingerprint density at radius 2 is 1.56 bits per heavy atom. The van der Waals surface area contributed by atoms with Crippen molar-refractivity contribution in [1.29, 1.82) is 0 Å². The molecule has 9 heavy (non-hydrogen) atoms. The first kappa shape index (κ1) is 13.3. The molecular formula is CClF2KO3S. The molecule has 0 heterocycles. The van der Waals surface area contributed by atoms with Crippen molar-refractivity contribution in [2.75, 3.05) is 0 Å². The Balaban J connectivity index is 0. The fourth-order valence-electron chi connectivity index (χ4n) is 0. The smallest absolute Gasteiger partial charge is 0.742 e. The van der Waals surface area contributed by atoms with Gasteiger partial charge in [0.25, 0.3) is 0 Å². The van der Waals surface area contributed by atoms with Crippen molar-refractivity contribution >= 4 is 21.7 Å². The van der Waals surface area contributed by atoms with E-state index in [1.54, 1.807) is 0 Å². The summed E-state index contributed by atoms with van der Waals surface area (Å²) in [6.45, 7) is 0. The van der Waals surface area contributed by atoms with E-state index in [1.807, 2.05) is 0 Å². The molecule has 0 aromatic rings. The van der Waals surface area contributed by atoms with E-state index < -0.39 is 14.8 Å². The maximum absolute atomic E-state index is 11.1. The van der Waals surface area contributed by atoms with Gasteiger partial charge in [0.1, 0.15) is 0 Å². The van der Waals surface area contributed by atoms with E-state index in [9.17, 15) is 21.8 Å². The van der Waals surface area contributed by atoms with Gasteiger partial charge in [-0.1, -0.05) is 0 Å². The first-order valence-corrected chi connectivity index (χ1v) is 3.06. The Labute approximate surface area is 97.9 Å². The Morgan fingerprint density at radius 1 is 1.44 bits per heavy atom. The minimum atomic E-state index is -5.66. The average Bonchev–Trinajstić information content (AvgIpc) is 1.25. The third kappa shape index (κ3) is 5.02. The summed E-state index contributed by atoms with van der Waals surface area (Å²) >= 11 is 3.78. The summed E-state index contributed by atoms with van der Waals surface area (Å²) in [5.74, 6) is 0. The summed E-state index contributed by atoms with van der Waals surface area (Å²) in [5.41, 5.74) is 0. The zero-order valence-corrected chi connectivity index (χ0v) is 8.96. The van der Waals surface area contributed by atoms with Crippen molar-refractivity contribution < 1.29 is 73.1 Å². The van der Waals surface area contributed by atoms with E-state index in [0.29, 0.717) is 0 Å². The second-order valence-electron chi connectivity index (χ2n) is 0.900. The van der Waals surface area contributed by atoms with Crippen LogP contribution in [0.2, 0.25) is 0 Å². The molecule has 0 radical (unpaired) electrons. The molecule has 0 rings (SSSR count). The van der Waals surface area contributed by atoms with Gasteiger partial charge in [-0.15, -0.1) is 0 Å². The molecular weight excluding hydrogens is 205 g/mol. The van der Waals surface area contributed by atoms with Crippen molar-refractivity contribution in [2.45, 2.75) is 4.71 Å². The van der Waals surface area contributed by atoms with Crippen molar-refractivity contribution in [3.8, 4) is 0 Å². The van der Waals surface area contributed by atoms with E-state index in [1.165, 1.54) is 0 Å². The van der Waals surface area contributed by atoms with Crippen molar-refractivity contribution in [2.24, 2.45) is 0 Å². The number of rotatable bonds is 1. The Morgan fingerprint density at radius 3 is 1.56 bits per heavy atom. The summed E-state index contributed by atoms with van der Waals surface area (Å²) < 4.78 is 45.2. The molecule has 0 fully saturated rings. The van der Waals surface area contributed by atoms with Crippen LogP contribution in [-0.4, -0.2) is 17.7 Å². The summed E-state index contributed by atoms with van der Waals surface area (Å²) in [5, 5.41) is 0. The first-order valence-electron chi connectivity index (χ1n) is 1.27. The Kier molecular flexibility index (Phi) is 5.78. The maximum Gasteiger partial charge on any atom is 1.00 e. The molecule has 0 aliphatic carbocycles. The van der Waals surface area contributed by atoms with Gasteiger partial charge in [0, 0.05) is 0 Å². The minimum Gasteiger partial charge on any atom is -0.742 e. The van der Waals surface area contributed by atoms with Crippen LogP contribution in [0.15, 0.2) is 0 Å². The topological polar surface area (TPSA) is 57.2 Å². The van der Waals surface area contributed by atoms with E-state index in [-0.39, 0.29) is 51.4 Å². The molecule has 0 spiro atoms. The van der Waals surface area contributed by atoms with Gasteiger partial charge in [-0.3, -0.25) is 0 Å². The molecule has 0 saturated carbocycles. The summed E-state index contributed by atoms with van der Waals surface area (Å²) in [6.07, 6.45) is 0. The monoisotopic (exact) mass is 204 g/mol. The standard InChI is InChI=1S/CHClF2O3S.K/c2-1(3,4)8(5,6)7;/h(H,5,6,7);/q;+1/p-1. The van der Waals surface area contributed by atoms with Crippen LogP contribution in [0.3, 0.4) is 0 Å². The Bertz CT molecular complexity index is 171. The molecule has 0 aliphatic rings. The predicted octanol–water partition coefficient (Wildman–Crippen LogP) is -2.68. The SMILES string of the molecule is O=S(=O)([O-])C(F)(F)Cl.[K+]. The molecule has 0 aromatic carbocycles. The van der Waals surface area contributed by atoms with Crippen LogP contribution in [0.25, 0.3) is 0 Å². The fraction of sp³-hybridized carbons (Fsp3) is 1.00. The number of hydrogen-bond acceptors (Lipinski definition) is 3. The normalized spacial score (nSPS) is 12.4. The van der Waals surface area contributed by atoms with Gasteiger partial charge in [0.05, 0.1) is 0 Å². The van der Waals surface area contributed by atoms with Crippen LogP contribution >= 0.6 is 11.6 Å². The van der Waals surface area contributed by atoms with Gasteiger partial charge in [0.15, 0.2) is 10.1 Å². The molecule has 0 unspecified atom stereocenters. The van der Waals surface area contributed by atoms with Crippen molar-refractivity contribution in [3.05, 3.63) is 0 Å². The molecule has 50 valence electrons. The van der Waals surface area contributed by atoms with E-state index >= 15 is 0 Å². The zero-order chi connectivity index (χ0) is 7.00. The third-order valence-corrected chi connectivity index (χ3v) is 1.42. The van der Waals surface area contributed by atoms with Gasteiger partial charge >= 0.3 is 56.1 Å². The Hall–Kier alpha value is 1.70. The predicted molar refractivity (Wildman–Crippen MR) is 20.5 cm³/mol. The van der Waals surface area contributed by atoms with E-state index in [4.69, 9.17) is 0 Å². The molecule has 0 aliphatic heterocycles. The molecule has 0 atom stereocenters. The molecule has 0 bridgehead atoms. The van der Waals surface area contributed by atoms with Gasteiger partial charge < -0.3 is 4.55 Å².